The van der Waals surface area contributed by atoms with E-state index in [-0.39, 0.29) is 11.9 Å². The van der Waals surface area contributed by atoms with Crippen molar-refractivity contribution >= 4 is 11.7 Å². The minimum atomic E-state index is -0.522. The molecule has 0 radical (unpaired) electrons. The van der Waals surface area contributed by atoms with Gasteiger partial charge in [-0.05, 0) is 39.5 Å². The van der Waals surface area contributed by atoms with Crippen molar-refractivity contribution in [3.8, 4) is 0 Å². The lowest BCUT2D eigenvalue weighted by Gasteiger charge is -2.29. The third kappa shape index (κ3) is 6.55. The number of carbonyl (C=O) groups is 1. The Kier molecular flexibility index (Phi) is 7.84. The van der Waals surface area contributed by atoms with Gasteiger partial charge in [0.05, 0.1) is 5.71 Å². The van der Waals surface area contributed by atoms with E-state index in [1.165, 1.54) is 19.3 Å². The van der Waals surface area contributed by atoms with Gasteiger partial charge in [-0.2, -0.15) is 0 Å². The van der Waals surface area contributed by atoms with E-state index in [1.54, 1.807) is 0 Å². The Bertz CT molecular complexity index is 771. The van der Waals surface area contributed by atoms with Gasteiger partial charge >= 0.3 is 5.97 Å². The summed E-state index contributed by atoms with van der Waals surface area (Å²) in [6, 6.07) is 19.9. The van der Waals surface area contributed by atoms with E-state index in [0.29, 0.717) is 0 Å². The number of aliphatic imine (C=N–C) groups is 1. The van der Waals surface area contributed by atoms with Gasteiger partial charge in [0.1, 0.15) is 5.60 Å². The molecule has 0 unspecified atom stereocenters. The minimum absolute atomic E-state index is 0.197. The fraction of sp³-hybridized carbons (Fsp3) is 0.481. The lowest BCUT2D eigenvalue weighted by atomic mass is 9.85. The van der Waals surface area contributed by atoms with Crippen molar-refractivity contribution in [1.82, 2.24) is 0 Å². The van der Waals surface area contributed by atoms with Crippen molar-refractivity contribution in [1.29, 1.82) is 0 Å². The first-order valence-corrected chi connectivity index (χ1v) is 11.4. The molecule has 0 N–H and O–H groups in total. The van der Waals surface area contributed by atoms with Crippen LogP contribution in [0.5, 0.6) is 0 Å². The fourth-order valence-electron chi connectivity index (χ4n) is 4.16. The number of nitrogens with zero attached hydrogens (tertiary/aromatic N) is 1. The van der Waals surface area contributed by atoms with Gasteiger partial charge in [0, 0.05) is 11.1 Å². The van der Waals surface area contributed by atoms with Crippen molar-refractivity contribution in [3.63, 3.8) is 0 Å². The third-order valence-electron chi connectivity index (χ3n) is 5.61. The predicted octanol–water partition coefficient (Wildman–Crippen LogP) is 6.59. The predicted molar refractivity (Wildman–Crippen MR) is 124 cm³/mol. The first-order valence-electron chi connectivity index (χ1n) is 11.4. The van der Waals surface area contributed by atoms with Crippen molar-refractivity contribution in [2.45, 2.75) is 77.4 Å². The van der Waals surface area contributed by atoms with Crippen molar-refractivity contribution < 1.29 is 9.53 Å². The Morgan fingerprint density at radius 2 is 1.30 bits per heavy atom. The van der Waals surface area contributed by atoms with Crippen LogP contribution in [-0.2, 0) is 9.53 Å². The van der Waals surface area contributed by atoms with Crippen molar-refractivity contribution in [3.05, 3.63) is 71.8 Å². The molecule has 3 nitrogen and oxygen atoms in total. The maximum Gasteiger partial charge on any atom is 0.331 e. The third-order valence-corrected chi connectivity index (χ3v) is 5.61. The average molecular weight is 406 g/mol. The number of ether oxygens (including phenoxy) is 1. The molecule has 1 aliphatic carbocycles. The van der Waals surface area contributed by atoms with Gasteiger partial charge in [0.25, 0.3) is 0 Å². The Hall–Kier alpha value is -2.42. The fourth-order valence-corrected chi connectivity index (χ4v) is 4.16. The second-order valence-corrected chi connectivity index (χ2v) is 9.29. The molecule has 2 aromatic rings. The summed E-state index contributed by atoms with van der Waals surface area (Å²) in [7, 11) is 0. The highest BCUT2D eigenvalue weighted by Gasteiger charge is 2.32. The minimum Gasteiger partial charge on any atom is -0.458 e. The van der Waals surface area contributed by atoms with Crippen LogP contribution in [-0.4, -0.2) is 23.3 Å². The van der Waals surface area contributed by atoms with Gasteiger partial charge < -0.3 is 4.74 Å². The van der Waals surface area contributed by atoms with Crippen molar-refractivity contribution in [2.24, 2.45) is 10.9 Å². The molecule has 2 aromatic carbocycles. The number of hydrogen-bond acceptors (Lipinski definition) is 3. The summed E-state index contributed by atoms with van der Waals surface area (Å²) in [5.74, 6) is 0.0278. The smallest absolute Gasteiger partial charge is 0.331 e. The van der Waals surface area contributed by atoms with Crippen LogP contribution in [0.15, 0.2) is 65.7 Å². The molecule has 1 atom stereocenters. The first-order chi connectivity index (χ1) is 14.4. The Labute approximate surface area is 181 Å². The number of esters is 1. The maximum atomic E-state index is 13.3. The van der Waals surface area contributed by atoms with Crippen LogP contribution < -0.4 is 0 Å². The molecule has 0 spiro atoms. The highest BCUT2D eigenvalue weighted by molar-refractivity contribution is 6.13. The summed E-state index contributed by atoms with van der Waals surface area (Å²) >= 11 is 0. The number of rotatable bonds is 5. The molecular formula is C27H35NO2. The molecule has 0 amide bonds. The van der Waals surface area contributed by atoms with E-state index in [1.807, 2.05) is 57.2 Å². The van der Waals surface area contributed by atoms with E-state index < -0.39 is 11.6 Å². The second kappa shape index (κ2) is 10.6. The van der Waals surface area contributed by atoms with Crippen LogP contribution >= 0.6 is 0 Å². The normalized spacial score (nSPS) is 16.8. The summed E-state index contributed by atoms with van der Waals surface area (Å²) in [5.41, 5.74) is 2.41. The molecule has 0 aliphatic heterocycles. The quantitative estimate of drug-likeness (QED) is 0.415. The topological polar surface area (TPSA) is 38.7 Å². The zero-order chi connectivity index (χ0) is 21.4. The lowest BCUT2D eigenvalue weighted by molar-refractivity contribution is -0.158. The molecule has 160 valence electrons. The lowest BCUT2D eigenvalue weighted by Crippen LogP contribution is -2.36. The summed E-state index contributed by atoms with van der Waals surface area (Å²) < 4.78 is 5.85. The number of benzene rings is 2. The van der Waals surface area contributed by atoms with E-state index in [2.05, 4.69) is 24.3 Å². The zero-order valence-electron chi connectivity index (χ0n) is 18.6. The van der Waals surface area contributed by atoms with Gasteiger partial charge in [-0.25, -0.2) is 4.79 Å². The van der Waals surface area contributed by atoms with Gasteiger partial charge in [0.2, 0.25) is 0 Å². The van der Waals surface area contributed by atoms with Gasteiger partial charge in [0.15, 0.2) is 6.04 Å². The van der Waals surface area contributed by atoms with Gasteiger partial charge in [-0.1, -0.05) is 92.8 Å². The maximum absolute atomic E-state index is 13.3. The first kappa shape index (κ1) is 22.3. The summed E-state index contributed by atoms with van der Waals surface area (Å²) in [6.45, 7) is 5.79. The van der Waals surface area contributed by atoms with E-state index in [4.69, 9.17) is 9.73 Å². The standard InChI is InChI=1S/C27H35NO2/c1-27(2,3)30-26(29)25(23-19-9-5-4-6-10-20-23)28-24(21-15-11-7-12-16-21)22-17-13-8-14-18-22/h7-8,11-18,23,25H,4-6,9-10,19-20H2,1-3H3/t25-/m0/s1. The summed E-state index contributed by atoms with van der Waals surface area (Å²) in [5, 5.41) is 0. The molecular weight excluding hydrogens is 370 g/mol. The Balaban J connectivity index is 2.04. The van der Waals surface area contributed by atoms with Crippen LogP contribution in [0.4, 0.5) is 0 Å². The molecule has 0 bridgehead atoms. The molecule has 30 heavy (non-hydrogen) atoms. The zero-order valence-corrected chi connectivity index (χ0v) is 18.6. The monoisotopic (exact) mass is 405 g/mol. The second-order valence-electron chi connectivity index (χ2n) is 9.29. The molecule has 0 aromatic heterocycles. The Morgan fingerprint density at radius 3 is 1.77 bits per heavy atom. The molecule has 0 saturated heterocycles. The SMILES string of the molecule is CC(C)(C)OC(=O)[C@@H](N=C(c1ccccc1)c1ccccc1)C1CCCCCCC1. The molecule has 0 heterocycles. The van der Waals surface area contributed by atoms with Gasteiger partial charge in [-0.15, -0.1) is 0 Å². The largest absolute Gasteiger partial charge is 0.458 e. The van der Waals surface area contributed by atoms with Crippen LogP contribution in [0.25, 0.3) is 0 Å². The van der Waals surface area contributed by atoms with Gasteiger partial charge in [-0.3, -0.25) is 4.99 Å². The van der Waals surface area contributed by atoms with Crippen LogP contribution in [0.1, 0.15) is 76.8 Å². The Morgan fingerprint density at radius 1 is 0.833 bits per heavy atom. The molecule has 3 heteroatoms. The number of carbonyl (C=O) groups excluding carboxylic acids is 1. The molecule has 1 fully saturated rings. The average Bonchev–Trinajstić information content (AvgIpc) is 2.69. The summed E-state index contributed by atoms with van der Waals surface area (Å²) in [6.07, 6.45) is 8.16. The van der Waals surface area contributed by atoms with E-state index >= 15 is 0 Å². The van der Waals surface area contributed by atoms with E-state index in [9.17, 15) is 4.79 Å². The van der Waals surface area contributed by atoms with Crippen molar-refractivity contribution in [2.75, 3.05) is 0 Å². The van der Waals surface area contributed by atoms with E-state index in [0.717, 1.165) is 42.5 Å². The van der Waals surface area contributed by atoms with Crippen LogP contribution in [0.2, 0.25) is 0 Å². The molecule has 1 saturated carbocycles. The molecule has 3 rings (SSSR count). The highest BCUT2D eigenvalue weighted by atomic mass is 16.6. The van der Waals surface area contributed by atoms with Crippen LogP contribution in [0.3, 0.4) is 0 Å². The molecule has 1 aliphatic rings. The van der Waals surface area contributed by atoms with Crippen LogP contribution in [0, 0.1) is 5.92 Å². The highest BCUT2D eigenvalue weighted by Crippen LogP contribution is 2.29. The number of hydrogen-bond donors (Lipinski definition) is 0. The summed E-state index contributed by atoms with van der Waals surface area (Å²) in [4.78, 5) is 18.5.